The molecule has 1 saturated heterocycles. The number of nitrogens with one attached hydrogen (secondary N) is 1. The van der Waals surface area contributed by atoms with E-state index in [9.17, 15) is 21.6 Å². The summed E-state index contributed by atoms with van der Waals surface area (Å²) in [5.74, 6) is -2.27. The first kappa shape index (κ1) is 15.3. The van der Waals surface area contributed by atoms with Crippen LogP contribution in [0.15, 0.2) is 0 Å². The van der Waals surface area contributed by atoms with Crippen molar-refractivity contribution in [1.29, 1.82) is 0 Å². The molecule has 0 radical (unpaired) electrons. The molecule has 8 nitrogen and oxygen atoms in total. The van der Waals surface area contributed by atoms with Gasteiger partial charge < -0.3 is 10.2 Å². The number of rotatable bonds is 5. The van der Waals surface area contributed by atoms with Crippen LogP contribution in [0.3, 0.4) is 0 Å². The average molecular weight is 301 g/mol. The van der Waals surface area contributed by atoms with Gasteiger partial charge in [-0.2, -0.15) is 4.72 Å². The monoisotopic (exact) mass is 301 g/mol. The zero-order valence-corrected chi connectivity index (χ0v) is 11.2. The highest BCUT2D eigenvalue weighted by Gasteiger charge is 2.40. The highest BCUT2D eigenvalue weighted by atomic mass is 32.2. The number of hydrogen-bond acceptors (Lipinski definition) is 6. The molecule has 3 N–H and O–H groups in total. The van der Waals surface area contributed by atoms with Crippen LogP contribution in [-0.2, 0) is 24.7 Å². The minimum atomic E-state index is -4.09. The molecule has 1 heterocycles. The average Bonchev–Trinajstić information content (AvgIpc) is 2.55. The molecular formula is C8H15NO7S2. The van der Waals surface area contributed by atoms with E-state index in [2.05, 4.69) is 0 Å². The van der Waals surface area contributed by atoms with E-state index in [0.29, 0.717) is 0 Å². The predicted molar refractivity (Wildman–Crippen MR) is 62.2 cm³/mol. The fourth-order valence-corrected chi connectivity index (χ4v) is 5.94. The van der Waals surface area contributed by atoms with Gasteiger partial charge in [-0.1, -0.05) is 0 Å². The van der Waals surface area contributed by atoms with Gasteiger partial charge in [0.25, 0.3) is 0 Å². The predicted octanol–water partition coefficient (Wildman–Crippen LogP) is -2.07. The second-order valence-corrected chi connectivity index (χ2v) is 8.47. The van der Waals surface area contributed by atoms with E-state index in [1.807, 2.05) is 4.72 Å². The van der Waals surface area contributed by atoms with Gasteiger partial charge in [-0.05, 0) is 13.3 Å². The summed E-state index contributed by atoms with van der Waals surface area (Å²) in [5, 5.41) is 16.7. The van der Waals surface area contributed by atoms with Crippen LogP contribution in [0.25, 0.3) is 0 Å². The third-order valence-corrected chi connectivity index (χ3v) is 6.51. The van der Waals surface area contributed by atoms with Crippen LogP contribution in [0.4, 0.5) is 0 Å². The fourth-order valence-electron chi connectivity index (χ4n) is 1.63. The number of hydrogen-bond donors (Lipinski definition) is 3. The van der Waals surface area contributed by atoms with E-state index in [1.165, 1.54) is 0 Å². The van der Waals surface area contributed by atoms with Crippen LogP contribution in [0.2, 0.25) is 0 Å². The molecule has 1 rings (SSSR count). The van der Waals surface area contributed by atoms with Gasteiger partial charge in [0.2, 0.25) is 10.0 Å². The van der Waals surface area contributed by atoms with Gasteiger partial charge in [-0.15, -0.1) is 0 Å². The summed E-state index contributed by atoms with van der Waals surface area (Å²) in [4.78, 5) is 10.8. The number of aliphatic carboxylic acids is 1. The minimum Gasteiger partial charge on any atom is -0.480 e. The fraction of sp³-hybridized carbons (Fsp3) is 0.875. The molecule has 18 heavy (non-hydrogen) atoms. The molecule has 1 aliphatic heterocycles. The van der Waals surface area contributed by atoms with Gasteiger partial charge in [-0.25, -0.2) is 16.8 Å². The number of carbonyl (C=O) groups is 1. The Labute approximate surface area is 105 Å². The van der Waals surface area contributed by atoms with E-state index in [-0.39, 0.29) is 12.2 Å². The van der Waals surface area contributed by atoms with E-state index < -0.39 is 49.0 Å². The number of carboxylic acid groups (broad SMARTS) is 1. The standard InChI is InChI=1S/C8H15NO7S2/c1-5(10)7(8(11)12)9-18(15,16)6-2-3-17(13,14)4-6/h5-7,9-10H,2-4H2,1H3,(H,11,12)/t5-,6?,7+/m1/s1. The summed E-state index contributed by atoms with van der Waals surface area (Å²) in [6.45, 7) is 1.13. The van der Waals surface area contributed by atoms with Crippen molar-refractivity contribution >= 4 is 25.8 Å². The Morgan fingerprint density at radius 2 is 2.00 bits per heavy atom. The SMILES string of the molecule is C[C@@H](O)[C@H](NS(=O)(=O)C1CCS(=O)(=O)C1)C(=O)O. The molecular weight excluding hydrogens is 286 g/mol. The zero-order valence-electron chi connectivity index (χ0n) is 9.61. The third-order valence-electron chi connectivity index (χ3n) is 2.67. The van der Waals surface area contributed by atoms with Gasteiger partial charge in [0.15, 0.2) is 9.84 Å². The van der Waals surface area contributed by atoms with Crippen LogP contribution < -0.4 is 4.72 Å². The summed E-state index contributed by atoms with van der Waals surface area (Å²) < 4.78 is 47.8. The van der Waals surface area contributed by atoms with Crippen molar-refractivity contribution < 1.29 is 31.8 Å². The number of aliphatic hydroxyl groups excluding tert-OH is 1. The Kier molecular flexibility index (Phi) is 4.36. The highest BCUT2D eigenvalue weighted by molar-refractivity contribution is 7.95. The maximum Gasteiger partial charge on any atom is 0.324 e. The molecule has 1 fully saturated rings. The molecule has 1 aliphatic rings. The Morgan fingerprint density at radius 3 is 2.33 bits per heavy atom. The first-order chi connectivity index (χ1) is 8.05. The quantitative estimate of drug-likeness (QED) is 0.530. The maximum atomic E-state index is 11.8. The van der Waals surface area contributed by atoms with Crippen LogP contribution in [0.5, 0.6) is 0 Å². The van der Waals surface area contributed by atoms with Crippen molar-refractivity contribution in [2.24, 2.45) is 0 Å². The van der Waals surface area contributed by atoms with E-state index >= 15 is 0 Å². The van der Waals surface area contributed by atoms with E-state index in [1.54, 1.807) is 0 Å². The molecule has 0 amide bonds. The molecule has 0 spiro atoms. The zero-order chi connectivity index (χ0) is 14.1. The van der Waals surface area contributed by atoms with Crippen molar-refractivity contribution in [3.8, 4) is 0 Å². The van der Waals surface area contributed by atoms with Crippen LogP contribution in [0.1, 0.15) is 13.3 Å². The first-order valence-corrected chi connectivity index (χ1v) is 8.54. The molecule has 0 aromatic carbocycles. The number of aliphatic hydroxyl groups is 1. The van der Waals surface area contributed by atoms with Crippen LogP contribution >= 0.6 is 0 Å². The van der Waals surface area contributed by atoms with Crippen LogP contribution in [0, 0.1) is 0 Å². The lowest BCUT2D eigenvalue weighted by Gasteiger charge is -2.19. The lowest BCUT2D eigenvalue weighted by atomic mass is 10.2. The second-order valence-electron chi connectivity index (χ2n) is 4.24. The van der Waals surface area contributed by atoms with Crippen molar-refractivity contribution in [2.45, 2.75) is 30.7 Å². The summed E-state index contributed by atoms with van der Waals surface area (Å²) in [5.41, 5.74) is 0. The molecule has 106 valence electrons. The molecule has 1 unspecified atom stereocenters. The molecule has 0 aliphatic carbocycles. The first-order valence-electron chi connectivity index (χ1n) is 5.17. The van der Waals surface area contributed by atoms with Gasteiger partial charge in [0, 0.05) is 0 Å². The van der Waals surface area contributed by atoms with Crippen molar-refractivity contribution in [2.75, 3.05) is 11.5 Å². The van der Waals surface area contributed by atoms with Gasteiger partial charge in [0.1, 0.15) is 6.04 Å². The van der Waals surface area contributed by atoms with Crippen LogP contribution in [-0.4, -0.2) is 61.9 Å². The maximum absolute atomic E-state index is 11.8. The summed E-state index contributed by atoms with van der Waals surface area (Å²) in [6, 6.07) is -1.68. The smallest absolute Gasteiger partial charge is 0.324 e. The molecule has 10 heteroatoms. The largest absolute Gasteiger partial charge is 0.480 e. The van der Waals surface area contributed by atoms with Crippen molar-refractivity contribution in [1.82, 2.24) is 4.72 Å². The Balaban J connectivity index is 2.86. The Bertz CT molecular complexity index is 522. The minimum absolute atomic E-state index is 0.0657. The highest BCUT2D eigenvalue weighted by Crippen LogP contribution is 2.18. The summed E-state index contributed by atoms with van der Waals surface area (Å²) in [7, 11) is -7.47. The molecule has 0 bridgehead atoms. The lowest BCUT2D eigenvalue weighted by molar-refractivity contribution is -0.141. The topological polar surface area (TPSA) is 138 Å². The lowest BCUT2D eigenvalue weighted by Crippen LogP contribution is -2.50. The summed E-state index contributed by atoms with van der Waals surface area (Å²) >= 11 is 0. The van der Waals surface area contributed by atoms with E-state index in [0.717, 1.165) is 6.92 Å². The van der Waals surface area contributed by atoms with Crippen molar-refractivity contribution in [3.63, 3.8) is 0 Å². The number of sulfonamides is 1. The van der Waals surface area contributed by atoms with Gasteiger partial charge in [-0.3, -0.25) is 4.79 Å². The van der Waals surface area contributed by atoms with Crippen molar-refractivity contribution in [3.05, 3.63) is 0 Å². The molecule has 0 aromatic heterocycles. The summed E-state index contributed by atoms with van der Waals surface area (Å²) in [6.07, 6.45) is -1.49. The van der Waals surface area contributed by atoms with E-state index in [4.69, 9.17) is 10.2 Å². The number of carboxylic acids is 1. The van der Waals surface area contributed by atoms with Gasteiger partial charge in [0.05, 0.1) is 22.9 Å². The Hall–Kier alpha value is -0.710. The third kappa shape index (κ3) is 3.64. The second kappa shape index (κ2) is 5.11. The number of sulfone groups is 1. The molecule has 0 aromatic rings. The van der Waals surface area contributed by atoms with Gasteiger partial charge >= 0.3 is 5.97 Å². The molecule has 0 saturated carbocycles. The normalized spacial score (nSPS) is 26.7. The molecule has 3 atom stereocenters. The Morgan fingerprint density at radius 1 is 1.44 bits per heavy atom.